The molecule has 0 aliphatic carbocycles. The van der Waals surface area contributed by atoms with Crippen molar-refractivity contribution in [2.24, 2.45) is 0 Å². The zero-order chi connectivity index (χ0) is 14.5. The van der Waals surface area contributed by atoms with Crippen LogP contribution in [0.25, 0.3) is 0 Å². The van der Waals surface area contributed by atoms with Gasteiger partial charge in [0.05, 0.1) is 18.6 Å². The van der Waals surface area contributed by atoms with Crippen LogP contribution in [0.3, 0.4) is 0 Å². The van der Waals surface area contributed by atoms with Crippen molar-refractivity contribution in [3.63, 3.8) is 0 Å². The Hall–Kier alpha value is -2.10. The topological polar surface area (TPSA) is 52.6 Å². The van der Waals surface area contributed by atoms with E-state index >= 15 is 0 Å². The zero-order valence-electron chi connectivity index (χ0n) is 11.7. The second-order valence-electron chi connectivity index (χ2n) is 4.55. The summed E-state index contributed by atoms with van der Waals surface area (Å²) in [5.74, 6) is -0.561. The van der Waals surface area contributed by atoms with E-state index in [9.17, 15) is 9.59 Å². The van der Waals surface area contributed by atoms with E-state index in [1.807, 2.05) is 37.3 Å². The molecule has 0 amide bonds. The Kier molecular flexibility index (Phi) is 4.56. The van der Waals surface area contributed by atoms with Crippen molar-refractivity contribution in [1.29, 1.82) is 0 Å². The van der Waals surface area contributed by atoms with Gasteiger partial charge in [-0.3, -0.25) is 4.79 Å². The molecule has 0 unspecified atom stereocenters. The number of esters is 2. The Morgan fingerprint density at radius 1 is 1.30 bits per heavy atom. The maximum atomic E-state index is 12.2. The zero-order valence-corrected chi connectivity index (χ0v) is 11.7. The van der Waals surface area contributed by atoms with Crippen LogP contribution in [0.4, 0.5) is 0 Å². The fourth-order valence-corrected chi connectivity index (χ4v) is 2.39. The van der Waals surface area contributed by atoms with E-state index in [0.29, 0.717) is 24.4 Å². The summed E-state index contributed by atoms with van der Waals surface area (Å²) in [5, 5.41) is 0. The number of rotatable bonds is 4. The Balaban J connectivity index is 2.46. The van der Waals surface area contributed by atoms with Gasteiger partial charge < -0.3 is 9.47 Å². The van der Waals surface area contributed by atoms with Crippen molar-refractivity contribution in [3.8, 4) is 0 Å². The number of cyclic esters (lactones) is 1. The van der Waals surface area contributed by atoms with E-state index in [0.717, 1.165) is 5.56 Å². The first-order valence-corrected chi connectivity index (χ1v) is 6.83. The number of hydrogen-bond acceptors (Lipinski definition) is 4. The van der Waals surface area contributed by atoms with Crippen molar-refractivity contribution in [3.05, 3.63) is 47.2 Å². The summed E-state index contributed by atoms with van der Waals surface area (Å²) in [5.41, 5.74) is 1.40. The number of carbonyl (C=O) groups excluding carboxylic acids is 2. The number of carbonyl (C=O) groups is 2. The molecule has 1 aliphatic rings. The van der Waals surface area contributed by atoms with E-state index in [2.05, 4.69) is 0 Å². The van der Waals surface area contributed by atoms with E-state index in [-0.39, 0.29) is 18.3 Å². The average Bonchev–Trinajstić information content (AvgIpc) is 2.47. The summed E-state index contributed by atoms with van der Waals surface area (Å²) >= 11 is 0. The Morgan fingerprint density at radius 3 is 2.60 bits per heavy atom. The van der Waals surface area contributed by atoms with E-state index in [4.69, 9.17) is 9.47 Å². The van der Waals surface area contributed by atoms with E-state index < -0.39 is 5.97 Å². The van der Waals surface area contributed by atoms with Gasteiger partial charge in [-0.25, -0.2) is 4.79 Å². The number of benzene rings is 1. The van der Waals surface area contributed by atoms with Crippen molar-refractivity contribution in [1.82, 2.24) is 0 Å². The van der Waals surface area contributed by atoms with Gasteiger partial charge in [0.2, 0.25) is 0 Å². The molecule has 0 fully saturated rings. The first-order valence-electron chi connectivity index (χ1n) is 6.83. The Bertz CT molecular complexity index is 531. The van der Waals surface area contributed by atoms with Crippen LogP contribution in [0.15, 0.2) is 41.7 Å². The molecule has 1 atom stereocenters. The van der Waals surface area contributed by atoms with Crippen molar-refractivity contribution >= 4 is 11.9 Å². The summed E-state index contributed by atoms with van der Waals surface area (Å²) in [6.45, 7) is 3.92. The lowest BCUT2D eigenvalue weighted by molar-refractivity contribution is -0.144. The minimum atomic E-state index is -0.397. The smallest absolute Gasteiger partial charge is 0.338 e. The highest BCUT2D eigenvalue weighted by Crippen LogP contribution is 2.36. The standard InChI is InChI=1S/C16H18O4/c1-3-13-15(16(18)19-4-2)12(10-14(17)20-13)11-8-6-5-7-9-11/h5-9,12H,3-4,10H2,1-2H3/t12-/m1/s1. The maximum absolute atomic E-state index is 12.2. The van der Waals surface area contributed by atoms with Crippen LogP contribution >= 0.6 is 0 Å². The van der Waals surface area contributed by atoms with Gasteiger partial charge >= 0.3 is 11.9 Å². The first-order chi connectivity index (χ1) is 9.67. The van der Waals surface area contributed by atoms with Crippen LogP contribution < -0.4 is 0 Å². The molecule has 1 aliphatic heterocycles. The van der Waals surface area contributed by atoms with Crippen molar-refractivity contribution in [2.45, 2.75) is 32.6 Å². The Labute approximate surface area is 118 Å². The van der Waals surface area contributed by atoms with Gasteiger partial charge in [0.1, 0.15) is 5.76 Å². The lowest BCUT2D eigenvalue weighted by Gasteiger charge is -2.26. The highest BCUT2D eigenvalue weighted by atomic mass is 16.5. The highest BCUT2D eigenvalue weighted by molar-refractivity contribution is 5.94. The van der Waals surface area contributed by atoms with Crippen LogP contribution in [0, 0.1) is 0 Å². The van der Waals surface area contributed by atoms with Gasteiger partial charge in [-0.2, -0.15) is 0 Å². The second kappa shape index (κ2) is 6.37. The van der Waals surface area contributed by atoms with Gasteiger partial charge in [0.25, 0.3) is 0 Å². The lowest BCUT2D eigenvalue weighted by Crippen LogP contribution is -2.26. The van der Waals surface area contributed by atoms with Crippen molar-refractivity contribution in [2.75, 3.05) is 6.61 Å². The predicted octanol–water partition coefficient (Wildman–Crippen LogP) is 2.94. The van der Waals surface area contributed by atoms with Crippen LogP contribution in [0.5, 0.6) is 0 Å². The molecule has 0 spiro atoms. The summed E-state index contributed by atoms with van der Waals surface area (Å²) in [6, 6.07) is 9.51. The minimum absolute atomic E-state index is 0.168. The lowest BCUT2D eigenvalue weighted by atomic mass is 9.85. The highest BCUT2D eigenvalue weighted by Gasteiger charge is 2.35. The van der Waals surface area contributed by atoms with Gasteiger partial charge in [-0.05, 0) is 12.5 Å². The van der Waals surface area contributed by atoms with Crippen LogP contribution in [-0.2, 0) is 19.1 Å². The number of ether oxygens (including phenoxy) is 2. The second-order valence-corrected chi connectivity index (χ2v) is 4.55. The number of hydrogen-bond donors (Lipinski definition) is 0. The predicted molar refractivity (Wildman–Crippen MR) is 73.8 cm³/mol. The normalized spacial score (nSPS) is 18.7. The molecular formula is C16H18O4. The molecule has 0 radical (unpaired) electrons. The molecule has 0 N–H and O–H groups in total. The van der Waals surface area contributed by atoms with Crippen LogP contribution in [0.2, 0.25) is 0 Å². The third-order valence-corrected chi connectivity index (χ3v) is 3.28. The molecule has 0 saturated heterocycles. The van der Waals surface area contributed by atoms with Gasteiger partial charge in [-0.15, -0.1) is 0 Å². The SMILES string of the molecule is CCOC(=O)C1=C(CC)OC(=O)C[C@@H]1c1ccccc1. The third-order valence-electron chi connectivity index (χ3n) is 3.28. The molecule has 4 nitrogen and oxygen atoms in total. The summed E-state index contributed by atoms with van der Waals surface area (Å²) < 4.78 is 10.3. The largest absolute Gasteiger partial charge is 0.463 e. The monoisotopic (exact) mass is 274 g/mol. The molecule has 1 heterocycles. The maximum Gasteiger partial charge on any atom is 0.338 e. The Morgan fingerprint density at radius 2 is 2.00 bits per heavy atom. The third kappa shape index (κ3) is 2.90. The fraction of sp³-hybridized carbons (Fsp3) is 0.375. The van der Waals surface area contributed by atoms with Crippen LogP contribution in [0.1, 0.15) is 38.2 Å². The van der Waals surface area contributed by atoms with E-state index in [1.165, 1.54) is 0 Å². The summed E-state index contributed by atoms with van der Waals surface area (Å²) in [4.78, 5) is 23.9. The minimum Gasteiger partial charge on any atom is -0.463 e. The molecular weight excluding hydrogens is 256 g/mol. The molecule has 20 heavy (non-hydrogen) atoms. The number of allylic oxidation sites excluding steroid dienone is 1. The molecule has 2 rings (SSSR count). The van der Waals surface area contributed by atoms with Crippen molar-refractivity contribution < 1.29 is 19.1 Å². The van der Waals surface area contributed by atoms with Gasteiger partial charge in [-0.1, -0.05) is 37.3 Å². The first kappa shape index (κ1) is 14.3. The molecule has 1 aromatic rings. The van der Waals surface area contributed by atoms with E-state index in [1.54, 1.807) is 6.92 Å². The molecule has 1 aromatic carbocycles. The van der Waals surface area contributed by atoms with Gasteiger partial charge in [0, 0.05) is 12.3 Å². The molecule has 0 bridgehead atoms. The molecule has 0 aromatic heterocycles. The average molecular weight is 274 g/mol. The fourth-order valence-electron chi connectivity index (χ4n) is 2.39. The summed E-state index contributed by atoms with van der Waals surface area (Å²) in [7, 11) is 0. The van der Waals surface area contributed by atoms with Crippen LogP contribution in [-0.4, -0.2) is 18.5 Å². The molecule has 4 heteroatoms. The molecule has 106 valence electrons. The molecule has 0 saturated carbocycles. The quantitative estimate of drug-likeness (QED) is 0.792. The van der Waals surface area contributed by atoms with Gasteiger partial charge in [0.15, 0.2) is 0 Å². The summed E-state index contributed by atoms with van der Waals surface area (Å²) in [6.07, 6.45) is 0.658.